The lowest BCUT2D eigenvalue weighted by Gasteiger charge is -2.01. The van der Waals surface area contributed by atoms with Crippen molar-refractivity contribution < 1.29 is 4.39 Å². The van der Waals surface area contributed by atoms with Gasteiger partial charge >= 0.3 is 5.69 Å². The Kier molecular flexibility index (Phi) is 4.23. The standard InChI is InChI=1S/C11H11BrFN5O/c12-9-1-2-10(15-5-9)17-7-16-18(11(17)19)6-8(3-13)4-14/h1-3,5,7H,4,6,14H2/b8-3+. The molecule has 2 rings (SSSR count). The third-order valence-electron chi connectivity index (χ3n) is 2.46. The normalized spacial score (nSPS) is 11.8. The molecule has 0 amide bonds. The zero-order valence-electron chi connectivity index (χ0n) is 9.83. The minimum Gasteiger partial charge on any atom is -0.327 e. The number of nitrogens with two attached hydrogens (primary N) is 1. The molecule has 0 saturated carbocycles. The van der Waals surface area contributed by atoms with Gasteiger partial charge in [0.05, 0.1) is 12.9 Å². The van der Waals surface area contributed by atoms with Crippen molar-refractivity contribution >= 4 is 15.9 Å². The molecule has 0 aromatic carbocycles. The molecule has 0 aliphatic carbocycles. The van der Waals surface area contributed by atoms with Gasteiger partial charge < -0.3 is 5.73 Å². The van der Waals surface area contributed by atoms with Crippen LogP contribution in [0.5, 0.6) is 0 Å². The number of aromatic nitrogens is 4. The van der Waals surface area contributed by atoms with Gasteiger partial charge in [-0.05, 0) is 33.6 Å². The molecule has 0 atom stereocenters. The van der Waals surface area contributed by atoms with E-state index in [-0.39, 0.29) is 18.7 Å². The molecule has 0 saturated heterocycles. The minimum absolute atomic E-state index is 0.0232. The maximum absolute atomic E-state index is 12.4. The molecular formula is C11H11BrFN5O. The number of rotatable bonds is 4. The molecule has 2 aromatic rings. The van der Waals surface area contributed by atoms with Crippen LogP contribution in [0.4, 0.5) is 4.39 Å². The molecule has 0 aliphatic heterocycles. The van der Waals surface area contributed by atoms with Crippen LogP contribution < -0.4 is 11.4 Å². The Morgan fingerprint density at radius 1 is 1.53 bits per heavy atom. The van der Waals surface area contributed by atoms with Crippen LogP contribution in [0.15, 0.2) is 45.8 Å². The Hall–Kier alpha value is -1.80. The number of hydrogen-bond acceptors (Lipinski definition) is 4. The van der Waals surface area contributed by atoms with Gasteiger partial charge in [-0.15, -0.1) is 0 Å². The van der Waals surface area contributed by atoms with Gasteiger partial charge in [-0.25, -0.2) is 23.4 Å². The molecular weight excluding hydrogens is 317 g/mol. The number of pyridine rings is 1. The summed E-state index contributed by atoms with van der Waals surface area (Å²) in [5.74, 6) is 0.443. The van der Waals surface area contributed by atoms with E-state index < -0.39 is 5.69 Å². The first-order chi connectivity index (χ1) is 9.15. The number of nitrogens with zero attached hydrogens (tertiary/aromatic N) is 4. The van der Waals surface area contributed by atoms with Crippen molar-refractivity contribution in [2.24, 2.45) is 5.73 Å². The van der Waals surface area contributed by atoms with E-state index in [1.807, 2.05) is 0 Å². The van der Waals surface area contributed by atoms with Gasteiger partial charge in [-0.1, -0.05) is 0 Å². The summed E-state index contributed by atoms with van der Waals surface area (Å²) in [7, 11) is 0. The summed E-state index contributed by atoms with van der Waals surface area (Å²) >= 11 is 3.26. The van der Waals surface area contributed by atoms with Crippen LogP contribution >= 0.6 is 15.9 Å². The predicted octanol–water partition coefficient (Wildman–Crippen LogP) is 1.00. The second-order valence-corrected chi connectivity index (χ2v) is 4.66. The molecule has 0 bridgehead atoms. The van der Waals surface area contributed by atoms with Crippen LogP contribution in [-0.2, 0) is 6.54 Å². The summed E-state index contributed by atoms with van der Waals surface area (Å²) in [5.41, 5.74) is 5.23. The Bertz CT molecular complexity index is 646. The average molecular weight is 328 g/mol. The smallest absolute Gasteiger partial charge is 0.327 e. The summed E-state index contributed by atoms with van der Waals surface area (Å²) in [6, 6.07) is 3.44. The quantitative estimate of drug-likeness (QED) is 0.908. The van der Waals surface area contributed by atoms with E-state index in [2.05, 4.69) is 26.0 Å². The third-order valence-corrected chi connectivity index (χ3v) is 2.93. The van der Waals surface area contributed by atoms with E-state index in [1.54, 1.807) is 18.3 Å². The molecule has 0 fully saturated rings. The van der Waals surface area contributed by atoms with Crippen molar-refractivity contribution in [3.05, 3.63) is 51.5 Å². The minimum atomic E-state index is -0.400. The van der Waals surface area contributed by atoms with Gasteiger partial charge in [0.25, 0.3) is 0 Å². The van der Waals surface area contributed by atoms with E-state index in [9.17, 15) is 9.18 Å². The van der Waals surface area contributed by atoms with Gasteiger partial charge in [0.2, 0.25) is 0 Å². The molecule has 100 valence electrons. The Balaban J connectivity index is 2.33. The Morgan fingerprint density at radius 3 is 2.89 bits per heavy atom. The second kappa shape index (κ2) is 5.89. The van der Waals surface area contributed by atoms with Crippen LogP contribution in [-0.4, -0.2) is 25.9 Å². The molecule has 0 aliphatic rings. The molecule has 6 nitrogen and oxygen atoms in total. The van der Waals surface area contributed by atoms with Gasteiger partial charge in [-0.3, -0.25) is 0 Å². The van der Waals surface area contributed by atoms with Crippen molar-refractivity contribution in [3.8, 4) is 5.82 Å². The van der Waals surface area contributed by atoms with Gasteiger partial charge in [-0.2, -0.15) is 5.10 Å². The van der Waals surface area contributed by atoms with Gasteiger partial charge in [0.1, 0.15) is 12.1 Å². The topological polar surface area (TPSA) is 78.7 Å². The van der Waals surface area contributed by atoms with Crippen molar-refractivity contribution in [1.82, 2.24) is 19.3 Å². The van der Waals surface area contributed by atoms with E-state index in [0.717, 1.165) is 9.15 Å². The molecule has 2 heterocycles. The monoisotopic (exact) mass is 327 g/mol. The zero-order chi connectivity index (χ0) is 13.8. The molecule has 2 N–H and O–H groups in total. The van der Waals surface area contributed by atoms with Crippen LogP contribution in [0.25, 0.3) is 5.82 Å². The summed E-state index contributed by atoms with van der Waals surface area (Å²) < 4.78 is 15.7. The van der Waals surface area contributed by atoms with E-state index in [0.29, 0.717) is 12.1 Å². The highest BCUT2D eigenvalue weighted by molar-refractivity contribution is 9.10. The zero-order valence-corrected chi connectivity index (χ0v) is 11.4. The summed E-state index contributed by atoms with van der Waals surface area (Å²) in [4.78, 5) is 16.1. The lowest BCUT2D eigenvalue weighted by Crippen LogP contribution is -2.26. The summed E-state index contributed by atoms with van der Waals surface area (Å²) in [6.45, 7) is 0.0572. The molecule has 0 spiro atoms. The molecule has 19 heavy (non-hydrogen) atoms. The summed E-state index contributed by atoms with van der Waals surface area (Å²) in [5, 5.41) is 3.90. The highest BCUT2D eigenvalue weighted by Crippen LogP contribution is 2.09. The molecule has 0 unspecified atom stereocenters. The van der Waals surface area contributed by atoms with Crippen molar-refractivity contribution in [2.75, 3.05) is 6.54 Å². The van der Waals surface area contributed by atoms with E-state index in [1.165, 1.54) is 10.9 Å². The Morgan fingerprint density at radius 2 is 2.32 bits per heavy atom. The SMILES string of the molecule is NC/C(=C\F)Cn1ncn(-c2ccc(Br)cn2)c1=O. The first-order valence-electron chi connectivity index (χ1n) is 5.40. The average Bonchev–Trinajstić information content (AvgIpc) is 2.78. The first-order valence-corrected chi connectivity index (χ1v) is 6.19. The number of halogens is 2. The Labute approximate surface area is 116 Å². The maximum Gasteiger partial charge on any atom is 0.351 e. The molecule has 0 radical (unpaired) electrons. The van der Waals surface area contributed by atoms with Crippen LogP contribution in [0.1, 0.15) is 0 Å². The van der Waals surface area contributed by atoms with Crippen LogP contribution in [0.2, 0.25) is 0 Å². The maximum atomic E-state index is 12.4. The fraction of sp³-hybridized carbons (Fsp3) is 0.182. The van der Waals surface area contributed by atoms with Gasteiger partial charge in [0.15, 0.2) is 0 Å². The highest BCUT2D eigenvalue weighted by atomic mass is 79.9. The third kappa shape index (κ3) is 2.96. The molecule has 2 aromatic heterocycles. The van der Waals surface area contributed by atoms with Crippen molar-refractivity contribution in [1.29, 1.82) is 0 Å². The lowest BCUT2D eigenvalue weighted by molar-refractivity contribution is 0.612. The fourth-order valence-corrected chi connectivity index (χ4v) is 1.68. The lowest BCUT2D eigenvalue weighted by atomic mass is 10.3. The van der Waals surface area contributed by atoms with Crippen molar-refractivity contribution in [2.45, 2.75) is 6.54 Å². The van der Waals surface area contributed by atoms with E-state index >= 15 is 0 Å². The first kappa shape index (κ1) is 13.6. The molecule has 8 heteroatoms. The predicted molar refractivity (Wildman–Crippen MR) is 71.6 cm³/mol. The summed E-state index contributed by atoms with van der Waals surface area (Å²) in [6.07, 6.45) is 3.31. The van der Waals surface area contributed by atoms with E-state index in [4.69, 9.17) is 5.73 Å². The fourth-order valence-electron chi connectivity index (χ4n) is 1.45. The largest absolute Gasteiger partial charge is 0.351 e. The van der Waals surface area contributed by atoms with Crippen LogP contribution in [0.3, 0.4) is 0 Å². The second-order valence-electron chi connectivity index (χ2n) is 3.75. The van der Waals surface area contributed by atoms with Crippen molar-refractivity contribution in [3.63, 3.8) is 0 Å². The highest BCUT2D eigenvalue weighted by Gasteiger charge is 2.09. The van der Waals surface area contributed by atoms with Crippen LogP contribution in [0, 0.1) is 0 Å². The number of hydrogen-bond donors (Lipinski definition) is 1. The van der Waals surface area contributed by atoms with Gasteiger partial charge in [0, 0.05) is 17.2 Å².